The van der Waals surface area contributed by atoms with Gasteiger partial charge < -0.3 is 10.1 Å². The van der Waals surface area contributed by atoms with Gasteiger partial charge in [0.05, 0.1) is 23.3 Å². The van der Waals surface area contributed by atoms with E-state index >= 15 is 0 Å². The lowest BCUT2D eigenvalue weighted by Gasteiger charge is -2.12. The Hall–Kier alpha value is -3.04. The highest BCUT2D eigenvalue weighted by molar-refractivity contribution is 7.89. The molecule has 140 valence electrons. The summed E-state index contributed by atoms with van der Waals surface area (Å²) in [5, 5.41) is 3.20. The number of anilines is 1. The second-order valence-electron chi connectivity index (χ2n) is 5.52. The van der Waals surface area contributed by atoms with E-state index in [1.54, 1.807) is 30.5 Å². The number of aromatic nitrogens is 1. The van der Waals surface area contributed by atoms with Crippen molar-refractivity contribution in [3.63, 3.8) is 0 Å². The van der Waals surface area contributed by atoms with Crippen LogP contribution in [0.25, 0.3) is 10.9 Å². The molecule has 0 aliphatic carbocycles. The number of nitrogens with zero attached hydrogens (tertiary/aromatic N) is 1. The third kappa shape index (κ3) is 3.60. The smallest absolute Gasteiger partial charge is 0.258 e. The molecule has 1 aromatic heterocycles. The van der Waals surface area contributed by atoms with E-state index in [1.807, 2.05) is 0 Å². The van der Waals surface area contributed by atoms with Crippen LogP contribution in [0, 0.1) is 5.82 Å². The van der Waals surface area contributed by atoms with E-state index in [0.29, 0.717) is 22.3 Å². The van der Waals surface area contributed by atoms with Crippen molar-refractivity contribution in [1.82, 2.24) is 9.71 Å². The highest BCUT2D eigenvalue weighted by Crippen LogP contribution is 2.30. The van der Waals surface area contributed by atoms with E-state index in [4.69, 9.17) is 4.74 Å². The Morgan fingerprint density at radius 2 is 1.96 bits per heavy atom. The standard InChI is InChI=1S/C18H16FN3O4S/c1-20-27(24,25)11-5-6-14(19)13(10-11)18(23)22-15-7-8-16(26-2)17-12(15)4-3-9-21-17/h3-10,20H,1-2H3,(H,22,23). The molecular formula is C18H16FN3O4S. The van der Waals surface area contributed by atoms with Gasteiger partial charge in [-0.3, -0.25) is 9.78 Å². The predicted molar refractivity (Wildman–Crippen MR) is 98.9 cm³/mol. The van der Waals surface area contributed by atoms with Crippen LogP contribution in [0.4, 0.5) is 10.1 Å². The maximum absolute atomic E-state index is 14.1. The molecule has 3 rings (SSSR count). The predicted octanol–water partition coefficient (Wildman–Crippen LogP) is 2.54. The maximum atomic E-state index is 14.1. The molecular weight excluding hydrogens is 373 g/mol. The summed E-state index contributed by atoms with van der Waals surface area (Å²) < 4.78 is 45.3. The van der Waals surface area contributed by atoms with Gasteiger partial charge in [-0.05, 0) is 49.5 Å². The van der Waals surface area contributed by atoms with Crippen LogP contribution in [0.5, 0.6) is 5.75 Å². The maximum Gasteiger partial charge on any atom is 0.258 e. The number of halogens is 1. The van der Waals surface area contributed by atoms with E-state index in [1.165, 1.54) is 14.2 Å². The monoisotopic (exact) mass is 389 g/mol. The molecule has 0 aliphatic heterocycles. The van der Waals surface area contributed by atoms with Crippen LogP contribution in [0.2, 0.25) is 0 Å². The Morgan fingerprint density at radius 1 is 1.19 bits per heavy atom. The lowest BCUT2D eigenvalue weighted by molar-refractivity contribution is 0.102. The largest absolute Gasteiger partial charge is 0.494 e. The van der Waals surface area contributed by atoms with Crippen molar-refractivity contribution >= 4 is 32.5 Å². The van der Waals surface area contributed by atoms with Gasteiger partial charge in [-0.2, -0.15) is 0 Å². The number of carbonyl (C=O) groups is 1. The van der Waals surface area contributed by atoms with Gasteiger partial charge in [-0.25, -0.2) is 17.5 Å². The molecule has 0 fully saturated rings. The Kier molecular flexibility index (Phi) is 5.06. The number of methoxy groups -OCH3 is 1. The van der Waals surface area contributed by atoms with Crippen molar-refractivity contribution in [3.05, 3.63) is 60.0 Å². The number of amides is 1. The van der Waals surface area contributed by atoms with Gasteiger partial charge in [-0.1, -0.05) is 0 Å². The van der Waals surface area contributed by atoms with Crippen LogP contribution in [-0.2, 0) is 10.0 Å². The average molecular weight is 389 g/mol. The van der Waals surface area contributed by atoms with Crippen LogP contribution in [0.15, 0.2) is 53.6 Å². The molecule has 0 radical (unpaired) electrons. The molecule has 0 saturated heterocycles. The molecule has 9 heteroatoms. The molecule has 0 spiro atoms. The molecule has 1 heterocycles. The molecule has 2 N–H and O–H groups in total. The Bertz CT molecular complexity index is 1130. The van der Waals surface area contributed by atoms with Crippen LogP contribution in [-0.4, -0.2) is 33.5 Å². The summed E-state index contributed by atoms with van der Waals surface area (Å²) >= 11 is 0. The Balaban J connectivity index is 2.02. The van der Waals surface area contributed by atoms with Gasteiger partial charge in [0.25, 0.3) is 5.91 Å². The summed E-state index contributed by atoms with van der Waals surface area (Å²) in [6, 6.07) is 9.67. The van der Waals surface area contributed by atoms with Crippen molar-refractivity contribution in [1.29, 1.82) is 0 Å². The van der Waals surface area contributed by atoms with Crippen LogP contribution in [0.3, 0.4) is 0 Å². The van der Waals surface area contributed by atoms with E-state index in [0.717, 1.165) is 18.2 Å². The first-order valence-electron chi connectivity index (χ1n) is 7.83. The van der Waals surface area contributed by atoms with Crippen molar-refractivity contribution in [2.45, 2.75) is 4.90 Å². The highest BCUT2D eigenvalue weighted by Gasteiger charge is 2.19. The first kappa shape index (κ1) is 18.7. The summed E-state index contributed by atoms with van der Waals surface area (Å²) in [5.74, 6) is -1.09. The van der Waals surface area contributed by atoms with Gasteiger partial charge in [0.2, 0.25) is 10.0 Å². The zero-order valence-electron chi connectivity index (χ0n) is 14.5. The number of sulfonamides is 1. The van der Waals surface area contributed by atoms with E-state index < -0.39 is 21.7 Å². The normalized spacial score (nSPS) is 11.4. The molecule has 27 heavy (non-hydrogen) atoms. The van der Waals surface area contributed by atoms with Crippen molar-refractivity contribution in [3.8, 4) is 5.75 Å². The number of carbonyl (C=O) groups excluding carboxylic acids is 1. The molecule has 0 atom stereocenters. The van der Waals surface area contributed by atoms with Crippen molar-refractivity contribution in [2.75, 3.05) is 19.5 Å². The zero-order chi connectivity index (χ0) is 19.6. The van der Waals surface area contributed by atoms with E-state index in [-0.39, 0.29) is 10.5 Å². The minimum Gasteiger partial charge on any atom is -0.494 e. The lowest BCUT2D eigenvalue weighted by atomic mass is 10.1. The minimum atomic E-state index is -3.81. The van der Waals surface area contributed by atoms with Crippen LogP contribution < -0.4 is 14.8 Å². The Labute approximate surface area is 155 Å². The minimum absolute atomic E-state index is 0.210. The summed E-state index contributed by atoms with van der Waals surface area (Å²) in [4.78, 5) is 16.6. The second-order valence-corrected chi connectivity index (χ2v) is 7.40. The van der Waals surface area contributed by atoms with E-state index in [2.05, 4.69) is 15.0 Å². The number of nitrogens with one attached hydrogen (secondary N) is 2. The molecule has 7 nitrogen and oxygen atoms in total. The molecule has 2 aromatic carbocycles. The molecule has 3 aromatic rings. The number of ether oxygens (including phenoxy) is 1. The van der Waals surface area contributed by atoms with Gasteiger partial charge in [0.1, 0.15) is 17.1 Å². The highest BCUT2D eigenvalue weighted by atomic mass is 32.2. The van der Waals surface area contributed by atoms with Crippen LogP contribution in [0.1, 0.15) is 10.4 Å². The SMILES string of the molecule is CNS(=O)(=O)c1ccc(F)c(C(=O)Nc2ccc(OC)c3ncccc23)c1. The number of fused-ring (bicyclic) bond motifs is 1. The third-order valence-corrected chi connectivity index (χ3v) is 5.37. The van der Waals surface area contributed by atoms with Gasteiger partial charge >= 0.3 is 0 Å². The summed E-state index contributed by atoms with van der Waals surface area (Å²) in [6.07, 6.45) is 1.59. The summed E-state index contributed by atoms with van der Waals surface area (Å²) in [5.41, 5.74) is 0.536. The van der Waals surface area contributed by atoms with Gasteiger partial charge in [0, 0.05) is 11.6 Å². The number of hydrogen-bond donors (Lipinski definition) is 2. The number of hydrogen-bond acceptors (Lipinski definition) is 5. The third-order valence-electron chi connectivity index (χ3n) is 3.96. The van der Waals surface area contributed by atoms with Gasteiger partial charge in [0.15, 0.2) is 0 Å². The second kappa shape index (κ2) is 7.29. The summed E-state index contributed by atoms with van der Waals surface area (Å²) in [7, 11) is -1.07. The molecule has 0 saturated carbocycles. The first-order valence-corrected chi connectivity index (χ1v) is 9.32. The van der Waals surface area contributed by atoms with E-state index in [9.17, 15) is 17.6 Å². The Morgan fingerprint density at radius 3 is 2.67 bits per heavy atom. The number of rotatable bonds is 5. The molecule has 0 bridgehead atoms. The lowest BCUT2D eigenvalue weighted by Crippen LogP contribution is -2.20. The topological polar surface area (TPSA) is 97.4 Å². The van der Waals surface area contributed by atoms with Crippen molar-refractivity contribution < 1.29 is 22.3 Å². The number of pyridine rings is 1. The van der Waals surface area contributed by atoms with Crippen LogP contribution >= 0.6 is 0 Å². The fourth-order valence-electron chi connectivity index (χ4n) is 2.57. The fraction of sp³-hybridized carbons (Fsp3) is 0.111. The molecule has 0 unspecified atom stereocenters. The first-order chi connectivity index (χ1) is 12.9. The summed E-state index contributed by atoms with van der Waals surface area (Å²) in [6.45, 7) is 0. The van der Waals surface area contributed by atoms with Crippen molar-refractivity contribution in [2.24, 2.45) is 0 Å². The van der Waals surface area contributed by atoms with Gasteiger partial charge in [-0.15, -0.1) is 0 Å². The number of benzene rings is 2. The fourth-order valence-corrected chi connectivity index (χ4v) is 3.33. The molecule has 0 aliphatic rings. The molecule has 1 amide bonds. The average Bonchev–Trinajstić information content (AvgIpc) is 2.68. The quantitative estimate of drug-likeness (QED) is 0.699. The zero-order valence-corrected chi connectivity index (χ0v) is 15.3.